The third-order valence-corrected chi connectivity index (χ3v) is 5.30. The second-order valence-electron chi connectivity index (χ2n) is 8.27. The predicted molar refractivity (Wildman–Crippen MR) is 110 cm³/mol. The Morgan fingerprint density at radius 2 is 1.80 bits per heavy atom. The third-order valence-electron chi connectivity index (χ3n) is 4.42. The Morgan fingerprint density at radius 1 is 1.20 bits per heavy atom. The topological polar surface area (TPSA) is 46.0 Å². The van der Waals surface area contributed by atoms with Crippen molar-refractivity contribution < 1.29 is 4.18 Å². The number of hydrogen-bond acceptors (Lipinski definition) is 4. The maximum absolute atomic E-state index is 5.99. The van der Waals surface area contributed by atoms with E-state index in [1.807, 2.05) is 26.2 Å². The van der Waals surface area contributed by atoms with Gasteiger partial charge >= 0.3 is 0 Å². The normalized spacial score (nSPS) is 14.0. The molecule has 0 atom stereocenters. The lowest BCUT2D eigenvalue weighted by atomic mass is 9.66. The molecule has 0 aromatic carbocycles. The number of nitrogens with zero attached hydrogens (tertiary/aromatic N) is 2. The van der Waals surface area contributed by atoms with Crippen molar-refractivity contribution in [3.05, 3.63) is 11.1 Å². The van der Waals surface area contributed by atoms with Crippen LogP contribution in [0.5, 0.6) is 0 Å². The summed E-state index contributed by atoms with van der Waals surface area (Å²) >= 11 is 1.35. The van der Waals surface area contributed by atoms with Crippen molar-refractivity contribution in [2.45, 2.75) is 93.7 Å². The fourth-order valence-corrected chi connectivity index (χ4v) is 3.00. The Bertz CT molecular complexity index is 523. The molecule has 0 aromatic heterocycles. The molecular weight excluding hydrogens is 330 g/mol. The molecule has 0 rings (SSSR count). The average Bonchev–Trinajstić information content (AvgIpc) is 2.44. The second kappa shape index (κ2) is 10.2. The van der Waals surface area contributed by atoms with Crippen LogP contribution < -0.4 is 5.43 Å². The Kier molecular flexibility index (Phi) is 9.82. The van der Waals surface area contributed by atoms with Gasteiger partial charge in [0.05, 0.1) is 17.3 Å². The Labute approximate surface area is 159 Å². The lowest BCUT2D eigenvalue weighted by Crippen LogP contribution is -2.37. The van der Waals surface area contributed by atoms with Crippen LogP contribution in [-0.2, 0) is 4.18 Å². The van der Waals surface area contributed by atoms with Crippen LogP contribution in [0.4, 0.5) is 0 Å². The van der Waals surface area contributed by atoms with E-state index in [-0.39, 0.29) is 22.5 Å². The lowest BCUT2D eigenvalue weighted by molar-refractivity contribution is 0.129. The maximum Gasteiger partial charge on any atom is 0.0777 e. The van der Waals surface area contributed by atoms with Crippen molar-refractivity contribution >= 4 is 12.0 Å². The summed E-state index contributed by atoms with van der Waals surface area (Å²) in [5, 5.41) is 10.3. The molecule has 0 saturated carbocycles. The maximum atomic E-state index is 5.99. The summed E-state index contributed by atoms with van der Waals surface area (Å²) < 4.78 is 5.99. The molecule has 1 N–H and O–H groups in total. The van der Waals surface area contributed by atoms with Crippen molar-refractivity contribution in [2.75, 3.05) is 0 Å². The van der Waals surface area contributed by atoms with E-state index in [0.717, 1.165) is 18.5 Å². The van der Waals surface area contributed by atoms with Crippen LogP contribution in [0.3, 0.4) is 0 Å². The van der Waals surface area contributed by atoms with Crippen LogP contribution in [0.25, 0.3) is 0 Å². The van der Waals surface area contributed by atoms with E-state index in [9.17, 15) is 0 Å². The van der Waals surface area contributed by atoms with Gasteiger partial charge in [0.1, 0.15) is 0 Å². The van der Waals surface area contributed by atoms with E-state index in [0.29, 0.717) is 0 Å². The summed E-state index contributed by atoms with van der Waals surface area (Å²) in [5.74, 6) is 6.36. The number of rotatable bonds is 10. The van der Waals surface area contributed by atoms with Gasteiger partial charge < -0.3 is 4.18 Å². The summed E-state index contributed by atoms with van der Waals surface area (Å²) in [6.45, 7) is 20.9. The van der Waals surface area contributed by atoms with Crippen LogP contribution in [0.2, 0.25) is 0 Å². The summed E-state index contributed by atoms with van der Waals surface area (Å²) in [6.07, 6.45) is 2.11. The van der Waals surface area contributed by atoms with Gasteiger partial charge in [-0.2, -0.15) is 5.11 Å². The second-order valence-corrected chi connectivity index (χ2v) is 8.86. The standard InChI is InChI=1S/C20H37N3OS/c1-11-13-18(5,6)20(9,10)17(22-23-21-16(3)4)15-25-24-19(7,8)14-12-2/h15-16H,12,14H2,1-10H3,(H,21,22)/b17-15-. The third kappa shape index (κ3) is 8.29. The first-order chi connectivity index (χ1) is 11.4. The molecule has 0 bridgehead atoms. The summed E-state index contributed by atoms with van der Waals surface area (Å²) in [5.41, 5.74) is 3.43. The molecule has 0 aliphatic rings. The highest BCUT2D eigenvalue weighted by atomic mass is 32.2. The molecule has 0 unspecified atom stereocenters. The molecule has 0 heterocycles. The Hall–Kier alpha value is -0.990. The zero-order valence-corrected chi connectivity index (χ0v) is 18.6. The highest BCUT2D eigenvalue weighted by molar-refractivity contribution is 7.97. The molecule has 0 spiro atoms. The minimum atomic E-state index is -0.253. The first-order valence-corrected chi connectivity index (χ1v) is 9.85. The largest absolute Gasteiger partial charge is 0.305 e. The zero-order valence-electron chi connectivity index (χ0n) is 17.8. The quantitative estimate of drug-likeness (QED) is 0.207. The van der Waals surface area contributed by atoms with Crippen LogP contribution in [0, 0.1) is 22.7 Å². The van der Waals surface area contributed by atoms with Crippen LogP contribution in [-0.4, -0.2) is 11.6 Å². The van der Waals surface area contributed by atoms with E-state index in [2.05, 4.69) is 76.1 Å². The monoisotopic (exact) mass is 367 g/mol. The molecule has 0 aromatic rings. The van der Waals surface area contributed by atoms with Gasteiger partial charge in [-0.05, 0) is 54.9 Å². The summed E-state index contributed by atoms with van der Waals surface area (Å²) in [6, 6.07) is 0.146. The van der Waals surface area contributed by atoms with Crippen LogP contribution >= 0.6 is 12.0 Å². The van der Waals surface area contributed by atoms with Gasteiger partial charge in [-0.25, -0.2) is 0 Å². The number of allylic oxidation sites excluding steroid dienone is 1. The van der Waals surface area contributed by atoms with Crippen molar-refractivity contribution in [1.29, 1.82) is 0 Å². The predicted octanol–water partition coefficient (Wildman–Crippen LogP) is 6.51. The first-order valence-electron chi connectivity index (χ1n) is 9.04. The van der Waals surface area contributed by atoms with Gasteiger partial charge in [-0.15, -0.1) is 5.92 Å². The molecule has 0 aliphatic carbocycles. The van der Waals surface area contributed by atoms with Gasteiger partial charge in [-0.3, -0.25) is 5.43 Å². The van der Waals surface area contributed by atoms with Gasteiger partial charge in [0, 0.05) is 28.3 Å². The van der Waals surface area contributed by atoms with Crippen LogP contribution in [0.15, 0.2) is 21.4 Å². The van der Waals surface area contributed by atoms with Gasteiger partial charge in [0.2, 0.25) is 0 Å². The molecule has 0 aliphatic heterocycles. The molecule has 4 nitrogen and oxygen atoms in total. The molecule has 0 radical (unpaired) electrons. The zero-order chi connectivity index (χ0) is 19.7. The summed E-state index contributed by atoms with van der Waals surface area (Å²) in [4.78, 5) is 0. The average molecular weight is 368 g/mol. The van der Waals surface area contributed by atoms with Gasteiger partial charge in [-0.1, -0.05) is 38.3 Å². The van der Waals surface area contributed by atoms with E-state index < -0.39 is 0 Å². The lowest BCUT2D eigenvalue weighted by Gasteiger charge is -2.39. The Balaban J connectivity index is 5.47. The minimum Gasteiger partial charge on any atom is -0.305 e. The molecular formula is C20H37N3OS. The number of nitrogens with one attached hydrogen (secondary N) is 1. The summed E-state index contributed by atoms with van der Waals surface area (Å²) in [7, 11) is 0. The molecule has 144 valence electrons. The smallest absolute Gasteiger partial charge is 0.0777 e. The Morgan fingerprint density at radius 3 is 2.28 bits per heavy atom. The van der Waals surface area contributed by atoms with Crippen molar-refractivity contribution in [3.63, 3.8) is 0 Å². The van der Waals surface area contributed by atoms with E-state index >= 15 is 0 Å². The van der Waals surface area contributed by atoms with Crippen molar-refractivity contribution in [1.82, 2.24) is 5.43 Å². The van der Waals surface area contributed by atoms with E-state index in [4.69, 9.17) is 4.18 Å². The molecule has 5 heteroatoms. The fourth-order valence-electron chi connectivity index (χ4n) is 2.16. The van der Waals surface area contributed by atoms with Gasteiger partial charge in [0.25, 0.3) is 0 Å². The highest BCUT2D eigenvalue weighted by Gasteiger charge is 2.39. The first kappa shape index (κ1) is 24.0. The molecule has 25 heavy (non-hydrogen) atoms. The van der Waals surface area contributed by atoms with Crippen molar-refractivity contribution in [3.8, 4) is 11.8 Å². The molecule has 0 fully saturated rings. The van der Waals surface area contributed by atoms with Gasteiger partial charge in [0.15, 0.2) is 0 Å². The molecule has 0 saturated heterocycles. The number of hydrogen-bond donors (Lipinski definition) is 1. The fraction of sp³-hybridized carbons (Fsp3) is 0.800. The van der Waals surface area contributed by atoms with E-state index in [1.54, 1.807) is 0 Å². The SMILES string of the molecule is CC#CC(C)(C)C(C)(C)/C(=C/SOC(C)(C)CCC)NN=NC(C)C. The van der Waals surface area contributed by atoms with E-state index in [1.165, 1.54) is 12.0 Å². The molecule has 0 amide bonds. The van der Waals surface area contributed by atoms with Crippen LogP contribution in [0.1, 0.15) is 82.1 Å². The minimum absolute atomic E-state index is 0.146. The highest BCUT2D eigenvalue weighted by Crippen LogP contribution is 2.44. The van der Waals surface area contributed by atoms with Crippen molar-refractivity contribution in [2.24, 2.45) is 21.2 Å².